The molecule has 0 spiro atoms. The van der Waals surface area contributed by atoms with Crippen molar-refractivity contribution in [2.75, 3.05) is 7.11 Å². The Morgan fingerprint density at radius 3 is 2.48 bits per heavy atom. The van der Waals surface area contributed by atoms with Crippen LogP contribution < -0.4 is 14.9 Å². The van der Waals surface area contributed by atoms with E-state index in [2.05, 4.69) is 6.07 Å². The second-order valence-corrected chi connectivity index (χ2v) is 8.63. The van der Waals surface area contributed by atoms with Crippen molar-refractivity contribution in [2.45, 2.75) is 17.7 Å². The van der Waals surface area contributed by atoms with Crippen molar-refractivity contribution in [3.63, 3.8) is 0 Å². The van der Waals surface area contributed by atoms with Crippen molar-refractivity contribution in [3.05, 3.63) is 59.7 Å². The molecule has 2 aromatic carbocycles. The summed E-state index contributed by atoms with van der Waals surface area (Å²) < 4.78 is 5.52. The average molecular weight is 373 g/mol. The third kappa shape index (κ3) is 4.13. The molecule has 0 aromatic heterocycles. The number of nitrogens with zero attached hydrogens (tertiary/aromatic N) is 1. The van der Waals surface area contributed by atoms with Gasteiger partial charge in [-0.25, -0.2) is 0 Å². The maximum atomic E-state index is 12.1. The number of nitrogens with two attached hydrogens (primary N) is 1. The van der Waals surface area contributed by atoms with E-state index in [4.69, 9.17) is 10.5 Å². The summed E-state index contributed by atoms with van der Waals surface area (Å²) in [5.41, 5.74) is 7.13. The first-order valence-corrected chi connectivity index (χ1v) is 8.81. The number of methoxy groups -OCH3 is 1. The van der Waals surface area contributed by atoms with Gasteiger partial charge in [0.25, 0.3) is 0 Å². The third-order valence-electron chi connectivity index (χ3n) is 3.59. The normalized spacial score (nSPS) is 12.9. The number of carbonyl (C=O) groups excluding carboxylic acids is 1. The molecule has 1 unspecified atom stereocenters. The van der Waals surface area contributed by atoms with Crippen LogP contribution in [-0.2, 0) is 11.2 Å². The molecular formula is C18H18N2O2Se. The molecule has 0 bridgehead atoms. The van der Waals surface area contributed by atoms with Crippen LogP contribution >= 0.6 is 0 Å². The van der Waals surface area contributed by atoms with Crippen molar-refractivity contribution in [1.82, 2.24) is 0 Å². The summed E-state index contributed by atoms with van der Waals surface area (Å²) in [5.74, 6) is 0.432. The number of nitriles is 1. The Balaban J connectivity index is 2.28. The molecule has 0 saturated heterocycles. The SMILES string of the molecule is COc1ccc([Se]C(C)(Cc2ccccc2C#N)C(N)=O)cc1. The van der Waals surface area contributed by atoms with E-state index in [1.54, 1.807) is 13.2 Å². The molecule has 0 aliphatic rings. The van der Waals surface area contributed by atoms with E-state index in [-0.39, 0.29) is 20.9 Å². The van der Waals surface area contributed by atoms with Gasteiger partial charge >= 0.3 is 142 Å². The van der Waals surface area contributed by atoms with Gasteiger partial charge in [-0.15, -0.1) is 0 Å². The number of benzene rings is 2. The van der Waals surface area contributed by atoms with Crippen LogP contribution in [0.2, 0.25) is 4.31 Å². The third-order valence-corrected chi connectivity index (χ3v) is 6.33. The van der Waals surface area contributed by atoms with Gasteiger partial charge in [0.2, 0.25) is 0 Å². The van der Waals surface area contributed by atoms with Gasteiger partial charge in [-0.3, -0.25) is 0 Å². The molecule has 5 heteroatoms. The Labute approximate surface area is 142 Å². The number of rotatable bonds is 6. The second-order valence-electron chi connectivity index (χ2n) is 5.32. The molecule has 4 nitrogen and oxygen atoms in total. The molecule has 23 heavy (non-hydrogen) atoms. The van der Waals surface area contributed by atoms with Gasteiger partial charge in [-0.2, -0.15) is 0 Å². The van der Waals surface area contributed by atoms with Gasteiger partial charge in [0.1, 0.15) is 0 Å². The molecule has 0 fully saturated rings. The van der Waals surface area contributed by atoms with Crippen LogP contribution in [0.4, 0.5) is 0 Å². The van der Waals surface area contributed by atoms with Crippen LogP contribution in [0.3, 0.4) is 0 Å². The first-order chi connectivity index (χ1) is 11.0. The molecule has 0 aliphatic heterocycles. The number of carbonyl (C=O) groups is 1. The van der Waals surface area contributed by atoms with Crippen LogP contribution in [0, 0.1) is 11.3 Å². The fourth-order valence-corrected chi connectivity index (χ4v) is 4.58. The summed E-state index contributed by atoms with van der Waals surface area (Å²) in [6.07, 6.45) is 0.456. The van der Waals surface area contributed by atoms with E-state index < -0.39 is 4.31 Å². The number of hydrogen-bond donors (Lipinski definition) is 1. The summed E-state index contributed by atoms with van der Waals surface area (Å²) >= 11 is -0.159. The van der Waals surface area contributed by atoms with E-state index in [1.165, 1.54) is 0 Å². The van der Waals surface area contributed by atoms with Crippen LogP contribution in [0.5, 0.6) is 5.75 Å². The first kappa shape index (κ1) is 17.1. The molecule has 1 atom stereocenters. The Kier molecular flexibility index (Phi) is 5.44. The van der Waals surface area contributed by atoms with Crippen LogP contribution in [0.15, 0.2) is 48.5 Å². The van der Waals surface area contributed by atoms with Gasteiger partial charge in [0.05, 0.1) is 0 Å². The Morgan fingerprint density at radius 1 is 1.26 bits per heavy atom. The van der Waals surface area contributed by atoms with E-state index in [1.807, 2.05) is 49.4 Å². The van der Waals surface area contributed by atoms with E-state index >= 15 is 0 Å². The van der Waals surface area contributed by atoms with Crippen molar-refractivity contribution in [3.8, 4) is 11.8 Å². The van der Waals surface area contributed by atoms with Crippen molar-refractivity contribution in [1.29, 1.82) is 5.26 Å². The number of ether oxygens (including phenoxy) is 1. The molecular weight excluding hydrogens is 355 g/mol. The summed E-state index contributed by atoms with van der Waals surface area (Å²) in [4.78, 5) is 12.1. The Hall–Kier alpha value is -2.28. The maximum absolute atomic E-state index is 12.1. The van der Waals surface area contributed by atoms with Crippen LogP contribution in [-0.4, -0.2) is 28.0 Å². The Morgan fingerprint density at radius 2 is 1.91 bits per heavy atom. The Bertz CT molecular complexity index is 737. The van der Waals surface area contributed by atoms with E-state index in [9.17, 15) is 10.1 Å². The van der Waals surface area contributed by atoms with Crippen molar-refractivity contribution < 1.29 is 9.53 Å². The molecule has 0 heterocycles. The van der Waals surface area contributed by atoms with Crippen molar-refractivity contribution in [2.24, 2.45) is 5.73 Å². The molecule has 0 aliphatic carbocycles. The van der Waals surface area contributed by atoms with Gasteiger partial charge in [-0.1, -0.05) is 0 Å². The monoisotopic (exact) mass is 374 g/mol. The average Bonchev–Trinajstić information content (AvgIpc) is 2.56. The zero-order chi connectivity index (χ0) is 16.9. The molecule has 0 saturated carbocycles. The van der Waals surface area contributed by atoms with Gasteiger partial charge in [0, 0.05) is 0 Å². The quantitative estimate of drug-likeness (QED) is 0.785. The van der Waals surface area contributed by atoms with E-state index in [0.29, 0.717) is 12.0 Å². The number of amides is 1. The predicted octanol–water partition coefficient (Wildman–Crippen LogP) is 1.80. The summed E-state index contributed by atoms with van der Waals surface area (Å²) in [6.45, 7) is 1.87. The second kappa shape index (κ2) is 7.32. The molecule has 2 N–H and O–H groups in total. The fraction of sp³-hybridized carbons (Fsp3) is 0.222. The topological polar surface area (TPSA) is 76.1 Å². The summed E-state index contributed by atoms with van der Waals surface area (Å²) in [6, 6.07) is 17.2. The van der Waals surface area contributed by atoms with Crippen LogP contribution in [0.1, 0.15) is 18.1 Å². The van der Waals surface area contributed by atoms with Gasteiger partial charge in [-0.05, 0) is 0 Å². The van der Waals surface area contributed by atoms with Crippen LogP contribution in [0.25, 0.3) is 0 Å². The zero-order valence-corrected chi connectivity index (χ0v) is 14.8. The zero-order valence-electron chi connectivity index (χ0n) is 13.1. The fourth-order valence-electron chi connectivity index (χ4n) is 2.22. The van der Waals surface area contributed by atoms with E-state index in [0.717, 1.165) is 15.8 Å². The summed E-state index contributed by atoms with van der Waals surface area (Å²) in [7, 11) is 1.62. The van der Waals surface area contributed by atoms with Crippen molar-refractivity contribution >= 4 is 25.3 Å². The number of hydrogen-bond acceptors (Lipinski definition) is 3. The number of primary amides is 1. The predicted molar refractivity (Wildman–Crippen MR) is 90.8 cm³/mol. The standard InChI is InChI=1S/C18H18N2O2Se/c1-18(17(20)21,11-13-5-3-4-6-14(13)12-19)23-16-9-7-15(22-2)8-10-16/h3-10H,11H2,1-2H3,(H2,20,21). The summed E-state index contributed by atoms with van der Waals surface area (Å²) in [5, 5.41) is 9.23. The van der Waals surface area contributed by atoms with Gasteiger partial charge < -0.3 is 0 Å². The van der Waals surface area contributed by atoms with Gasteiger partial charge in [0.15, 0.2) is 0 Å². The first-order valence-electron chi connectivity index (χ1n) is 7.09. The molecule has 1 amide bonds. The minimum atomic E-state index is -0.700. The minimum absolute atomic E-state index is 0.159. The molecule has 118 valence electrons. The molecule has 2 rings (SSSR count). The molecule has 0 radical (unpaired) electrons. The molecule has 2 aromatic rings.